The molecule has 0 unspecified atom stereocenters. The molecule has 1 heterocycles. The lowest BCUT2D eigenvalue weighted by Crippen LogP contribution is -2.15. The normalized spacial score (nSPS) is 10.2. The van der Waals surface area contributed by atoms with Crippen molar-refractivity contribution in [2.45, 2.75) is 13.3 Å². The Morgan fingerprint density at radius 1 is 1.42 bits per heavy atom. The lowest BCUT2D eigenvalue weighted by atomic mass is 10.1. The quantitative estimate of drug-likeness (QED) is 0.898. The molecule has 19 heavy (non-hydrogen) atoms. The summed E-state index contributed by atoms with van der Waals surface area (Å²) in [6.07, 6.45) is 0.181. The van der Waals surface area contributed by atoms with Crippen molar-refractivity contribution in [1.29, 1.82) is 0 Å². The van der Waals surface area contributed by atoms with Crippen molar-refractivity contribution in [3.8, 4) is 0 Å². The Kier molecular flexibility index (Phi) is 3.91. The highest BCUT2D eigenvalue weighted by atomic mass is 32.1. The van der Waals surface area contributed by atoms with Gasteiger partial charge < -0.3 is 10.4 Å². The molecule has 2 aromatic rings. The van der Waals surface area contributed by atoms with Crippen LogP contribution in [0.25, 0.3) is 0 Å². The van der Waals surface area contributed by atoms with E-state index in [9.17, 15) is 9.59 Å². The van der Waals surface area contributed by atoms with Crippen LogP contribution >= 0.6 is 11.3 Å². The number of hydrogen-bond donors (Lipinski definition) is 2. The van der Waals surface area contributed by atoms with Crippen LogP contribution in [0.15, 0.2) is 29.1 Å². The van der Waals surface area contributed by atoms with Crippen molar-refractivity contribution in [2.75, 3.05) is 5.32 Å². The van der Waals surface area contributed by atoms with Crippen LogP contribution in [-0.4, -0.2) is 22.0 Å². The number of benzene rings is 1. The molecule has 1 amide bonds. The SMILES string of the molecule is Cc1ccc(C(=O)O)cc1NC(=O)Cc1cscn1. The summed E-state index contributed by atoms with van der Waals surface area (Å²) in [5.74, 6) is -1.23. The molecule has 6 heteroatoms. The maximum atomic E-state index is 11.8. The number of thiazole rings is 1. The van der Waals surface area contributed by atoms with E-state index < -0.39 is 5.97 Å². The first-order valence-corrected chi connectivity index (χ1v) is 6.51. The van der Waals surface area contributed by atoms with Crippen LogP contribution < -0.4 is 5.32 Å². The summed E-state index contributed by atoms with van der Waals surface area (Å²) in [5.41, 5.74) is 3.85. The van der Waals surface area contributed by atoms with E-state index >= 15 is 0 Å². The molecular weight excluding hydrogens is 264 g/mol. The minimum Gasteiger partial charge on any atom is -0.478 e. The zero-order valence-electron chi connectivity index (χ0n) is 10.2. The van der Waals surface area contributed by atoms with E-state index in [0.29, 0.717) is 11.4 Å². The highest BCUT2D eigenvalue weighted by Gasteiger charge is 2.10. The number of amides is 1. The monoisotopic (exact) mass is 276 g/mol. The summed E-state index contributed by atoms with van der Waals surface area (Å²) >= 11 is 1.43. The Balaban J connectivity index is 2.11. The van der Waals surface area contributed by atoms with Crippen molar-refractivity contribution in [1.82, 2.24) is 4.98 Å². The molecule has 0 radical (unpaired) electrons. The average molecular weight is 276 g/mol. The molecule has 0 saturated carbocycles. The highest BCUT2D eigenvalue weighted by Crippen LogP contribution is 2.17. The number of nitrogens with zero attached hydrogens (tertiary/aromatic N) is 1. The second-order valence-electron chi connectivity index (χ2n) is 4.04. The van der Waals surface area contributed by atoms with E-state index in [1.54, 1.807) is 17.0 Å². The number of aryl methyl sites for hydroxylation is 1. The summed E-state index contributed by atoms with van der Waals surface area (Å²) in [5, 5.41) is 13.4. The van der Waals surface area contributed by atoms with E-state index in [1.807, 2.05) is 6.92 Å². The van der Waals surface area contributed by atoms with Crippen LogP contribution in [0.4, 0.5) is 5.69 Å². The van der Waals surface area contributed by atoms with E-state index in [0.717, 1.165) is 5.56 Å². The maximum absolute atomic E-state index is 11.8. The predicted octanol–water partition coefficient (Wildman–Crippen LogP) is 2.33. The summed E-state index contributed by atoms with van der Waals surface area (Å²) in [6.45, 7) is 1.81. The van der Waals surface area contributed by atoms with Gasteiger partial charge in [-0.3, -0.25) is 4.79 Å². The van der Waals surface area contributed by atoms with Gasteiger partial charge >= 0.3 is 5.97 Å². The Morgan fingerprint density at radius 2 is 2.21 bits per heavy atom. The molecule has 0 aliphatic heterocycles. The number of anilines is 1. The van der Waals surface area contributed by atoms with Gasteiger partial charge in [-0.05, 0) is 24.6 Å². The summed E-state index contributed by atoms with van der Waals surface area (Å²) in [7, 11) is 0. The zero-order chi connectivity index (χ0) is 13.8. The number of carbonyl (C=O) groups excluding carboxylic acids is 1. The summed E-state index contributed by atoms with van der Waals surface area (Å²) < 4.78 is 0. The molecule has 1 aromatic carbocycles. The van der Waals surface area contributed by atoms with Crippen molar-refractivity contribution in [3.63, 3.8) is 0 Å². The van der Waals surface area contributed by atoms with Crippen molar-refractivity contribution < 1.29 is 14.7 Å². The Labute approximate surface area is 113 Å². The smallest absolute Gasteiger partial charge is 0.335 e. The molecule has 0 aliphatic rings. The second kappa shape index (κ2) is 5.62. The van der Waals surface area contributed by atoms with Gasteiger partial charge in [0.25, 0.3) is 0 Å². The minimum absolute atomic E-state index is 0.148. The van der Waals surface area contributed by atoms with Gasteiger partial charge in [-0.1, -0.05) is 6.07 Å². The van der Waals surface area contributed by atoms with Gasteiger partial charge in [0, 0.05) is 11.1 Å². The highest BCUT2D eigenvalue weighted by molar-refractivity contribution is 7.07. The third-order valence-corrected chi connectivity index (χ3v) is 3.22. The fraction of sp³-hybridized carbons (Fsp3) is 0.154. The van der Waals surface area contributed by atoms with Crippen molar-refractivity contribution in [2.24, 2.45) is 0 Å². The molecule has 0 aliphatic carbocycles. The van der Waals surface area contributed by atoms with Crippen molar-refractivity contribution in [3.05, 3.63) is 45.9 Å². The molecular formula is C13H12N2O3S. The number of aromatic nitrogens is 1. The lowest BCUT2D eigenvalue weighted by molar-refractivity contribution is -0.115. The van der Waals surface area contributed by atoms with Crippen molar-refractivity contribution >= 4 is 28.9 Å². The van der Waals surface area contributed by atoms with Gasteiger partial charge in [-0.15, -0.1) is 11.3 Å². The maximum Gasteiger partial charge on any atom is 0.335 e. The number of aromatic carboxylic acids is 1. The number of rotatable bonds is 4. The van der Waals surface area contributed by atoms with Crippen LogP contribution in [0.1, 0.15) is 21.6 Å². The third-order valence-electron chi connectivity index (χ3n) is 2.58. The van der Waals surface area contributed by atoms with Crippen LogP contribution in [0.2, 0.25) is 0 Å². The van der Waals surface area contributed by atoms with Crippen LogP contribution in [0.3, 0.4) is 0 Å². The van der Waals surface area contributed by atoms with Gasteiger partial charge in [0.15, 0.2) is 0 Å². The van der Waals surface area contributed by atoms with Gasteiger partial charge in [0.1, 0.15) is 0 Å². The first-order valence-electron chi connectivity index (χ1n) is 5.57. The largest absolute Gasteiger partial charge is 0.478 e. The van der Waals surface area contributed by atoms with Crippen LogP contribution in [0.5, 0.6) is 0 Å². The Hall–Kier alpha value is -2.21. The van der Waals surface area contributed by atoms with E-state index in [2.05, 4.69) is 10.3 Å². The first kappa shape index (κ1) is 13.2. The molecule has 1 aromatic heterocycles. The summed E-state index contributed by atoms with van der Waals surface area (Å²) in [4.78, 5) is 26.7. The molecule has 0 spiro atoms. The fourth-order valence-electron chi connectivity index (χ4n) is 1.57. The van der Waals surface area contributed by atoms with E-state index in [1.165, 1.54) is 23.5 Å². The van der Waals surface area contributed by atoms with Gasteiger partial charge in [0.2, 0.25) is 5.91 Å². The lowest BCUT2D eigenvalue weighted by Gasteiger charge is -2.08. The van der Waals surface area contributed by atoms with Gasteiger partial charge in [-0.2, -0.15) is 0 Å². The van der Waals surface area contributed by atoms with Crippen LogP contribution in [-0.2, 0) is 11.2 Å². The first-order chi connectivity index (χ1) is 9.06. The number of carbonyl (C=O) groups is 2. The fourth-order valence-corrected chi connectivity index (χ4v) is 2.13. The third kappa shape index (κ3) is 3.38. The minimum atomic E-state index is -1.02. The predicted molar refractivity (Wildman–Crippen MR) is 72.6 cm³/mol. The average Bonchev–Trinajstić information content (AvgIpc) is 2.84. The number of carboxylic acid groups (broad SMARTS) is 1. The molecule has 0 fully saturated rings. The van der Waals surface area contributed by atoms with Gasteiger partial charge in [-0.25, -0.2) is 9.78 Å². The number of carboxylic acids is 1. The topological polar surface area (TPSA) is 79.3 Å². The molecule has 2 N–H and O–H groups in total. The number of hydrogen-bond acceptors (Lipinski definition) is 4. The van der Waals surface area contributed by atoms with E-state index in [4.69, 9.17) is 5.11 Å². The molecule has 5 nitrogen and oxygen atoms in total. The van der Waals surface area contributed by atoms with Crippen LogP contribution in [0, 0.1) is 6.92 Å². The van der Waals surface area contributed by atoms with Gasteiger partial charge in [0.05, 0.1) is 23.2 Å². The molecule has 0 atom stereocenters. The number of nitrogens with one attached hydrogen (secondary N) is 1. The standard InChI is InChI=1S/C13H12N2O3S/c1-8-2-3-9(13(17)18)4-11(8)15-12(16)5-10-6-19-7-14-10/h2-4,6-7H,5H2,1H3,(H,15,16)(H,17,18). The zero-order valence-corrected chi connectivity index (χ0v) is 11.0. The molecule has 2 rings (SSSR count). The molecule has 0 saturated heterocycles. The second-order valence-corrected chi connectivity index (χ2v) is 4.76. The summed E-state index contributed by atoms with van der Waals surface area (Å²) in [6, 6.07) is 4.63. The van der Waals surface area contributed by atoms with E-state index in [-0.39, 0.29) is 17.9 Å². The molecule has 98 valence electrons. The Morgan fingerprint density at radius 3 is 2.84 bits per heavy atom. The Bertz CT molecular complexity index is 608. The molecule has 0 bridgehead atoms.